The second-order valence-electron chi connectivity index (χ2n) is 8.75. The summed E-state index contributed by atoms with van der Waals surface area (Å²) in [5.74, 6) is 1.05. The molecule has 1 unspecified atom stereocenters. The molecule has 9 heteroatoms. The van der Waals surface area contributed by atoms with Crippen molar-refractivity contribution in [2.45, 2.75) is 31.9 Å². The lowest BCUT2D eigenvalue weighted by molar-refractivity contribution is -0.0687. The lowest BCUT2D eigenvalue weighted by atomic mass is 9.72. The molecular weight excluding hydrogens is 421 g/mol. The van der Waals surface area contributed by atoms with Crippen LogP contribution in [-0.2, 0) is 4.74 Å². The van der Waals surface area contributed by atoms with E-state index < -0.39 is 5.82 Å². The lowest BCUT2D eigenvalue weighted by Gasteiger charge is -2.47. The molecule has 0 saturated carbocycles. The average molecular weight is 446 g/mol. The van der Waals surface area contributed by atoms with Crippen LogP contribution in [0.1, 0.15) is 26.2 Å². The third-order valence-corrected chi connectivity index (χ3v) is 8.55. The van der Waals surface area contributed by atoms with E-state index in [1.54, 1.807) is 24.5 Å². The van der Waals surface area contributed by atoms with E-state index in [2.05, 4.69) is 21.9 Å². The van der Waals surface area contributed by atoms with Crippen LogP contribution in [0.3, 0.4) is 0 Å². The summed E-state index contributed by atoms with van der Waals surface area (Å²) in [5, 5.41) is 4.58. The zero-order valence-corrected chi connectivity index (χ0v) is 19.9. The lowest BCUT2D eigenvalue weighted by Crippen LogP contribution is -2.48. The van der Waals surface area contributed by atoms with Gasteiger partial charge in [-0.25, -0.2) is 19.0 Å². The fraction of sp³-hybridized carbons (Fsp3) is 0.476. The van der Waals surface area contributed by atoms with Crippen LogP contribution < -0.4 is 4.90 Å². The normalized spacial score (nSPS) is 24.0. The van der Waals surface area contributed by atoms with Crippen molar-refractivity contribution in [2.24, 2.45) is 11.3 Å². The minimum atomic E-state index is -0.444. The van der Waals surface area contributed by atoms with Gasteiger partial charge in [-0.3, -0.25) is 0 Å². The molecule has 0 amide bonds. The molecule has 0 N–H and O–H groups in total. The Bertz CT molecular complexity index is 1060. The molecule has 6 nitrogen and oxygen atoms in total. The van der Waals surface area contributed by atoms with Crippen molar-refractivity contribution in [3.63, 3.8) is 0 Å². The Labute approximate surface area is 182 Å². The third-order valence-electron chi connectivity index (χ3n) is 6.77. The van der Waals surface area contributed by atoms with Crippen LogP contribution in [0.2, 0.25) is 5.02 Å². The van der Waals surface area contributed by atoms with Crippen LogP contribution in [0.15, 0.2) is 30.6 Å². The number of hydrogen-bond acceptors (Lipinski definition) is 5. The first-order chi connectivity index (χ1) is 14.5. The third kappa shape index (κ3) is 3.40. The quantitative estimate of drug-likeness (QED) is 0.567. The maximum Gasteiger partial charge on any atom is 0.181 e. The summed E-state index contributed by atoms with van der Waals surface area (Å²) in [5.41, 5.74) is 2.11. The largest absolute Gasteiger partial charge is 0.382 e. The molecule has 5 rings (SSSR count). The predicted octanol–water partition coefficient (Wildman–Crippen LogP) is 2.94. The number of para-hydroxylation sites is 1. The summed E-state index contributed by atoms with van der Waals surface area (Å²) >= 11 is 6.20. The monoisotopic (exact) mass is 445 g/mol. The number of piperidine rings is 1. The highest BCUT2D eigenvalue weighted by Crippen LogP contribution is 2.43. The van der Waals surface area contributed by atoms with Crippen molar-refractivity contribution >= 4 is 38.8 Å². The van der Waals surface area contributed by atoms with Crippen LogP contribution >= 0.6 is 11.6 Å². The predicted molar refractivity (Wildman–Crippen MR) is 119 cm³/mol. The van der Waals surface area contributed by atoms with Crippen molar-refractivity contribution in [1.82, 2.24) is 19.7 Å². The van der Waals surface area contributed by atoms with Crippen LogP contribution in [0, 0.1) is 17.2 Å². The summed E-state index contributed by atoms with van der Waals surface area (Å²) < 4.78 is 21.9. The highest BCUT2D eigenvalue weighted by Gasteiger charge is 2.41. The first kappa shape index (κ1) is 19.9. The van der Waals surface area contributed by atoms with Gasteiger partial charge >= 0.3 is 0 Å². The van der Waals surface area contributed by atoms with Crippen molar-refractivity contribution in [3.05, 3.63) is 41.4 Å². The molecule has 30 heavy (non-hydrogen) atoms. The van der Waals surface area contributed by atoms with E-state index in [-0.39, 0.29) is 10.7 Å². The number of nitrogens with zero attached hydrogens (tertiary/aromatic N) is 5. The van der Waals surface area contributed by atoms with E-state index in [4.69, 9.17) is 21.3 Å². The Morgan fingerprint density at radius 3 is 2.80 bits per heavy atom. The standard InChI is InChI=1S/C21H25ClFN5OSi/c1-13-9-21(12-29-20(13)30)5-7-27(8-6-21)17-11-24-19-16(26-17)10-25-28(19)18-14(22)3-2-4-15(18)23/h2-4,10-11,13,20H,5-9,12H2,1,30H3/t13-,20?/m0/s1. The Morgan fingerprint density at radius 1 is 1.27 bits per heavy atom. The zero-order valence-electron chi connectivity index (χ0n) is 17.2. The van der Waals surface area contributed by atoms with Crippen LogP contribution in [0.5, 0.6) is 0 Å². The molecule has 2 saturated heterocycles. The molecule has 0 aliphatic carbocycles. The molecule has 2 aromatic heterocycles. The first-order valence-electron chi connectivity index (χ1n) is 10.5. The van der Waals surface area contributed by atoms with E-state index in [1.807, 2.05) is 0 Å². The first-order valence-corrected chi connectivity index (χ1v) is 12.0. The van der Waals surface area contributed by atoms with E-state index in [9.17, 15) is 4.39 Å². The number of aromatic nitrogens is 4. The van der Waals surface area contributed by atoms with Crippen molar-refractivity contribution in [3.8, 4) is 5.69 Å². The van der Waals surface area contributed by atoms with Gasteiger partial charge in [0.1, 0.15) is 22.8 Å². The number of ether oxygens (including phenoxy) is 1. The fourth-order valence-corrected chi connectivity index (χ4v) is 5.40. The molecule has 4 heterocycles. The number of halogens is 2. The average Bonchev–Trinajstić information content (AvgIpc) is 3.15. The highest BCUT2D eigenvalue weighted by atomic mass is 35.5. The maximum atomic E-state index is 14.3. The van der Waals surface area contributed by atoms with Gasteiger partial charge in [-0.1, -0.05) is 24.6 Å². The topological polar surface area (TPSA) is 56.1 Å². The second kappa shape index (κ2) is 7.58. The molecule has 2 atom stereocenters. The van der Waals surface area contributed by atoms with Gasteiger partial charge in [0.2, 0.25) is 0 Å². The Kier molecular flexibility index (Phi) is 5.03. The van der Waals surface area contributed by atoms with Crippen molar-refractivity contribution in [1.29, 1.82) is 0 Å². The number of hydrogen-bond donors (Lipinski definition) is 0. The number of anilines is 1. The zero-order chi connectivity index (χ0) is 20.9. The van der Waals surface area contributed by atoms with Crippen LogP contribution in [0.4, 0.5) is 10.2 Å². The van der Waals surface area contributed by atoms with Crippen LogP contribution in [0.25, 0.3) is 16.9 Å². The van der Waals surface area contributed by atoms with Gasteiger partial charge in [0.05, 0.1) is 24.0 Å². The Balaban J connectivity index is 1.37. The van der Waals surface area contributed by atoms with E-state index >= 15 is 0 Å². The molecule has 0 bridgehead atoms. The van der Waals surface area contributed by atoms with E-state index in [0.29, 0.717) is 28.2 Å². The maximum absolute atomic E-state index is 14.3. The van der Waals surface area contributed by atoms with E-state index in [0.717, 1.165) is 48.6 Å². The number of fused-ring (bicyclic) bond motifs is 1. The van der Waals surface area contributed by atoms with Gasteiger partial charge in [-0.2, -0.15) is 5.10 Å². The minimum absolute atomic E-state index is 0.194. The second-order valence-corrected chi connectivity index (χ2v) is 10.3. The molecule has 158 valence electrons. The Hall–Kier alpha value is -2.03. The van der Waals surface area contributed by atoms with Gasteiger partial charge in [-0.15, -0.1) is 0 Å². The van der Waals surface area contributed by atoms with Gasteiger partial charge < -0.3 is 9.64 Å². The van der Waals surface area contributed by atoms with E-state index in [1.165, 1.54) is 17.2 Å². The Morgan fingerprint density at radius 2 is 2.07 bits per heavy atom. The van der Waals surface area contributed by atoms with Crippen molar-refractivity contribution in [2.75, 3.05) is 24.6 Å². The molecule has 2 aliphatic rings. The van der Waals surface area contributed by atoms with Crippen molar-refractivity contribution < 1.29 is 9.13 Å². The molecule has 3 aromatic rings. The fourth-order valence-electron chi connectivity index (χ4n) is 4.75. The van der Waals surface area contributed by atoms with Gasteiger partial charge in [0, 0.05) is 29.1 Å². The molecule has 2 fully saturated rings. The summed E-state index contributed by atoms with van der Waals surface area (Å²) in [6, 6.07) is 4.57. The molecule has 1 aromatic carbocycles. The van der Waals surface area contributed by atoms with Gasteiger partial charge in [0.25, 0.3) is 0 Å². The van der Waals surface area contributed by atoms with Crippen LogP contribution in [-0.4, -0.2) is 55.4 Å². The molecule has 1 spiro atoms. The number of benzene rings is 1. The molecular formula is C21H25ClFN5OSi. The summed E-state index contributed by atoms with van der Waals surface area (Å²) in [4.78, 5) is 11.6. The molecule has 0 radical (unpaired) electrons. The highest BCUT2D eigenvalue weighted by molar-refractivity contribution is 6.32. The summed E-state index contributed by atoms with van der Waals surface area (Å²) in [6.07, 6.45) is 6.84. The minimum Gasteiger partial charge on any atom is -0.382 e. The SMILES string of the molecule is C[C@H]1CC2(CCN(c3cnc4c(cnn4-c4c(F)cccc4Cl)n3)CC2)COC1[SiH3]. The van der Waals surface area contributed by atoms with Gasteiger partial charge in [0.15, 0.2) is 5.65 Å². The summed E-state index contributed by atoms with van der Waals surface area (Å²) in [7, 11) is 1.11. The number of rotatable bonds is 2. The smallest absolute Gasteiger partial charge is 0.181 e. The molecule has 2 aliphatic heterocycles. The van der Waals surface area contributed by atoms with Gasteiger partial charge in [-0.05, 0) is 42.7 Å². The summed E-state index contributed by atoms with van der Waals surface area (Å²) in [6.45, 7) is 5.09.